The minimum atomic E-state index is -0.167. The highest BCUT2D eigenvalue weighted by Crippen LogP contribution is 2.25. The highest BCUT2D eigenvalue weighted by Gasteiger charge is 2.22. The van der Waals surface area contributed by atoms with E-state index >= 15 is 0 Å². The van der Waals surface area contributed by atoms with Gasteiger partial charge in [0.25, 0.3) is 5.91 Å². The Hall–Kier alpha value is -1.30. The van der Waals surface area contributed by atoms with Gasteiger partial charge in [-0.15, -0.1) is 12.4 Å². The molecule has 0 fully saturated rings. The number of rotatable bonds is 5. The molecular formula is C16H20BrClN2O2. The van der Waals surface area contributed by atoms with Crippen molar-refractivity contribution in [3.8, 4) is 0 Å². The quantitative estimate of drug-likeness (QED) is 0.823. The fraction of sp³-hybridized carbons (Fsp3) is 0.312. The molecule has 0 saturated carbocycles. The van der Waals surface area contributed by atoms with Crippen LogP contribution in [0.2, 0.25) is 0 Å². The van der Waals surface area contributed by atoms with Gasteiger partial charge in [0.05, 0.1) is 12.1 Å². The molecule has 1 heterocycles. The van der Waals surface area contributed by atoms with Crippen LogP contribution in [0.5, 0.6) is 0 Å². The van der Waals surface area contributed by atoms with Gasteiger partial charge in [0.15, 0.2) is 0 Å². The monoisotopic (exact) mass is 386 g/mol. The highest BCUT2D eigenvalue weighted by atomic mass is 79.9. The molecule has 0 bridgehead atoms. The molecule has 0 aliphatic rings. The molecule has 0 spiro atoms. The molecular weight excluding hydrogens is 368 g/mol. The summed E-state index contributed by atoms with van der Waals surface area (Å²) in [5.41, 5.74) is 6.96. The van der Waals surface area contributed by atoms with Crippen molar-refractivity contribution in [2.24, 2.45) is 5.73 Å². The van der Waals surface area contributed by atoms with Crippen LogP contribution in [0.1, 0.15) is 35.5 Å². The molecule has 2 rings (SSSR count). The van der Waals surface area contributed by atoms with Crippen LogP contribution in [0, 0.1) is 0 Å². The first-order chi connectivity index (χ1) is 9.92. The molecule has 4 nitrogen and oxygen atoms in total. The lowest BCUT2D eigenvalue weighted by atomic mass is 9.84. The third-order valence-corrected chi connectivity index (χ3v) is 3.91. The third-order valence-electron chi connectivity index (χ3n) is 3.41. The normalized spacial score (nSPS) is 10.9. The van der Waals surface area contributed by atoms with Crippen LogP contribution in [-0.2, 0) is 12.0 Å². The molecule has 2 aromatic rings. The Morgan fingerprint density at radius 1 is 1.36 bits per heavy atom. The first kappa shape index (κ1) is 18.7. The van der Waals surface area contributed by atoms with Crippen LogP contribution >= 0.6 is 28.3 Å². The number of nitrogens with one attached hydrogen (secondary N) is 1. The molecule has 1 aromatic heterocycles. The number of benzene rings is 1. The van der Waals surface area contributed by atoms with Gasteiger partial charge in [-0.3, -0.25) is 4.79 Å². The lowest BCUT2D eigenvalue weighted by Crippen LogP contribution is -2.36. The van der Waals surface area contributed by atoms with Gasteiger partial charge in [-0.2, -0.15) is 0 Å². The minimum Gasteiger partial charge on any atom is -0.467 e. The van der Waals surface area contributed by atoms with Crippen molar-refractivity contribution in [1.29, 1.82) is 0 Å². The van der Waals surface area contributed by atoms with Crippen molar-refractivity contribution in [2.75, 3.05) is 6.54 Å². The summed E-state index contributed by atoms with van der Waals surface area (Å²) in [7, 11) is 0. The maximum Gasteiger partial charge on any atom is 0.254 e. The Labute approximate surface area is 145 Å². The number of carbonyl (C=O) groups excluding carboxylic acids is 1. The molecule has 0 saturated heterocycles. The molecule has 3 N–H and O–H groups in total. The van der Waals surface area contributed by atoms with E-state index in [9.17, 15) is 4.79 Å². The van der Waals surface area contributed by atoms with Crippen molar-refractivity contribution < 1.29 is 9.21 Å². The number of furan rings is 1. The first-order valence-electron chi connectivity index (χ1n) is 6.74. The van der Waals surface area contributed by atoms with Crippen molar-refractivity contribution in [1.82, 2.24) is 5.32 Å². The van der Waals surface area contributed by atoms with Crippen LogP contribution in [0.3, 0.4) is 0 Å². The Morgan fingerprint density at radius 2 is 2.09 bits per heavy atom. The molecule has 0 radical (unpaired) electrons. The van der Waals surface area contributed by atoms with E-state index in [0.717, 1.165) is 10.0 Å². The molecule has 6 heteroatoms. The van der Waals surface area contributed by atoms with E-state index in [1.807, 2.05) is 12.1 Å². The number of amides is 1. The molecule has 0 atom stereocenters. The third kappa shape index (κ3) is 4.60. The first-order valence-corrected chi connectivity index (χ1v) is 7.53. The lowest BCUT2D eigenvalue weighted by molar-refractivity contribution is 0.0945. The van der Waals surface area contributed by atoms with E-state index in [4.69, 9.17) is 10.2 Å². The van der Waals surface area contributed by atoms with Crippen LogP contribution in [-0.4, -0.2) is 12.5 Å². The highest BCUT2D eigenvalue weighted by molar-refractivity contribution is 9.10. The largest absolute Gasteiger partial charge is 0.467 e. The standard InChI is InChI=1S/C16H19BrN2O2.ClH/c1-16(2,12-4-3-5-13(17)7-12)10-19-15(20)11-6-14(8-18)21-9-11;/h3-7,9H,8,10,18H2,1-2H3,(H,19,20);1H. The van der Waals surface area contributed by atoms with Gasteiger partial charge in [-0.05, 0) is 23.8 Å². The van der Waals surface area contributed by atoms with Crippen LogP contribution in [0.25, 0.3) is 0 Å². The van der Waals surface area contributed by atoms with Crippen LogP contribution in [0.4, 0.5) is 0 Å². The van der Waals surface area contributed by atoms with Gasteiger partial charge < -0.3 is 15.5 Å². The van der Waals surface area contributed by atoms with E-state index in [2.05, 4.69) is 47.2 Å². The van der Waals surface area contributed by atoms with E-state index < -0.39 is 0 Å². The predicted octanol–water partition coefficient (Wildman–Crippen LogP) is 3.63. The van der Waals surface area contributed by atoms with Crippen LogP contribution in [0.15, 0.2) is 45.5 Å². The van der Waals surface area contributed by atoms with Gasteiger partial charge in [0, 0.05) is 16.4 Å². The van der Waals surface area contributed by atoms with Crippen molar-refractivity contribution >= 4 is 34.2 Å². The van der Waals surface area contributed by atoms with Gasteiger partial charge in [-0.1, -0.05) is 41.9 Å². The van der Waals surface area contributed by atoms with Crippen molar-refractivity contribution in [2.45, 2.75) is 25.8 Å². The molecule has 22 heavy (non-hydrogen) atoms. The number of nitrogens with two attached hydrogens (primary N) is 1. The second kappa shape index (κ2) is 7.81. The Kier molecular flexibility index (Phi) is 6.66. The van der Waals surface area contributed by atoms with E-state index in [1.165, 1.54) is 6.26 Å². The molecule has 0 unspecified atom stereocenters. The van der Waals surface area contributed by atoms with Gasteiger partial charge in [0.2, 0.25) is 0 Å². The zero-order chi connectivity index (χ0) is 15.5. The molecule has 1 amide bonds. The number of hydrogen-bond donors (Lipinski definition) is 2. The Bertz CT molecular complexity index is 641. The van der Waals surface area contributed by atoms with E-state index in [0.29, 0.717) is 17.9 Å². The fourth-order valence-electron chi connectivity index (χ4n) is 2.02. The summed E-state index contributed by atoms with van der Waals surface area (Å²) < 4.78 is 6.20. The van der Waals surface area contributed by atoms with E-state index in [1.54, 1.807) is 6.07 Å². The van der Waals surface area contributed by atoms with Crippen LogP contribution < -0.4 is 11.1 Å². The SMILES string of the molecule is CC(C)(CNC(=O)c1coc(CN)c1)c1cccc(Br)c1.Cl. The second-order valence-electron chi connectivity index (χ2n) is 5.58. The number of halogens is 2. The summed E-state index contributed by atoms with van der Waals surface area (Å²) in [6.07, 6.45) is 1.43. The van der Waals surface area contributed by atoms with Gasteiger partial charge in [-0.25, -0.2) is 0 Å². The average molecular weight is 388 g/mol. The zero-order valence-electron chi connectivity index (χ0n) is 12.6. The zero-order valence-corrected chi connectivity index (χ0v) is 15.0. The summed E-state index contributed by atoms with van der Waals surface area (Å²) in [6.45, 7) is 5.01. The predicted molar refractivity (Wildman–Crippen MR) is 93.3 cm³/mol. The minimum absolute atomic E-state index is 0. The lowest BCUT2D eigenvalue weighted by Gasteiger charge is -2.25. The van der Waals surface area contributed by atoms with Gasteiger partial charge >= 0.3 is 0 Å². The number of hydrogen-bond acceptors (Lipinski definition) is 3. The van der Waals surface area contributed by atoms with E-state index in [-0.39, 0.29) is 30.3 Å². The summed E-state index contributed by atoms with van der Waals surface area (Å²) in [4.78, 5) is 12.1. The summed E-state index contributed by atoms with van der Waals surface area (Å²) in [5.74, 6) is 0.452. The Morgan fingerprint density at radius 3 is 2.68 bits per heavy atom. The van der Waals surface area contributed by atoms with Crippen molar-refractivity contribution in [3.05, 3.63) is 58.0 Å². The topological polar surface area (TPSA) is 68.3 Å². The molecule has 120 valence electrons. The maximum atomic E-state index is 12.1. The summed E-state index contributed by atoms with van der Waals surface area (Å²) in [6, 6.07) is 9.77. The second-order valence-corrected chi connectivity index (χ2v) is 6.50. The van der Waals surface area contributed by atoms with Gasteiger partial charge in [0.1, 0.15) is 12.0 Å². The number of carbonyl (C=O) groups is 1. The molecule has 0 aliphatic heterocycles. The Balaban J connectivity index is 0.00000242. The maximum absolute atomic E-state index is 12.1. The van der Waals surface area contributed by atoms with Crippen molar-refractivity contribution in [3.63, 3.8) is 0 Å². The molecule has 1 aromatic carbocycles. The smallest absolute Gasteiger partial charge is 0.254 e. The fourth-order valence-corrected chi connectivity index (χ4v) is 2.42. The summed E-state index contributed by atoms with van der Waals surface area (Å²) in [5, 5.41) is 2.94. The average Bonchev–Trinajstić information content (AvgIpc) is 2.94. The molecule has 0 aliphatic carbocycles. The summed E-state index contributed by atoms with van der Waals surface area (Å²) >= 11 is 3.47.